The van der Waals surface area contributed by atoms with Crippen LogP contribution in [0.5, 0.6) is 0 Å². The van der Waals surface area contributed by atoms with Crippen LogP contribution in [-0.4, -0.2) is 27.6 Å². The Kier molecular flexibility index (Phi) is 5.92. The Morgan fingerprint density at radius 3 is 2.45 bits per heavy atom. The van der Waals surface area contributed by atoms with E-state index in [9.17, 15) is 9.90 Å². The van der Waals surface area contributed by atoms with Gasteiger partial charge in [0.2, 0.25) is 0 Å². The van der Waals surface area contributed by atoms with Crippen LogP contribution in [0, 0.1) is 18.8 Å². The number of rotatable bonds is 7. The number of carboxylic acid groups (broad SMARTS) is 1. The fraction of sp³-hybridized carbons (Fsp3) is 0.667. The molecule has 20 heavy (non-hydrogen) atoms. The van der Waals surface area contributed by atoms with Crippen LogP contribution in [-0.2, 0) is 4.79 Å². The first kappa shape index (κ1) is 16.4. The summed E-state index contributed by atoms with van der Waals surface area (Å²) in [4.78, 5) is 20.0. The van der Waals surface area contributed by atoms with Crippen LogP contribution in [0.25, 0.3) is 0 Å². The third kappa shape index (κ3) is 5.15. The molecule has 0 aliphatic rings. The van der Waals surface area contributed by atoms with E-state index < -0.39 is 11.9 Å². The molecule has 0 aromatic carbocycles. The number of carbonyl (C=O) groups is 1. The van der Waals surface area contributed by atoms with Gasteiger partial charge < -0.3 is 10.4 Å². The van der Waals surface area contributed by atoms with Crippen LogP contribution in [0.1, 0.15) is 51.6 Å². The van der Waals surface area contributed by atoms with E-state index >= 15 is 0 Å². The highest BCUT2D eigenvalue weighted by Crippen LogP contribution is 2.16. The molecule has 1 rings (SSSR count). The van der Waals surface area contributed by atoms with Crippen LogP contribution >= 0.6 is 0 Å². The van der Waals surface area contributed by atoms with E-state index in [4.69, 9.17) is 0 Å². The molecule has 0 saturated carbocycles. The molecular weight excluding hydrogens is 254 g/mol. The smallest absolute Gasteiger partial charge is 0.308 e. The zero-order chi connectivity index (χ0) is 15.3. The molecule has 0 aliphatic carbocycles. The van der Waals surface area contributed by atoms with Crippen LogP contribution in [0.15, 0.2) is 6.07 Å². The molecule has 1 aromatic rings. The van der Waals surface area contributed by atoms with E-state index in [0.29, 0.717) is 24.7 Å². The maximum absolute atomic E-state index is 11.2. The summed E-state index contributed by atoms with van der Waals surface area (Å²) in [6.45, 7) is 10.4. The van der Waals surface area contributed by atoms with Crippen molar-refractivity contribution < 1.29 is 9.90 Å². The second-order valence-corrected chi connectivity index (χ2v) is 5.95. The van der Waals surface area contributed by atoms with Gasteiger partial charge in [-0.3, -0.25) is 4.79 Å². The number of nitrogens with one attached hydrogen (secondary N) is 1. The van der Waals surface area contributed by atoms with Crippen molar-refractivity contribution >= 4 is 11.8 Å². The van der Waals surface area contributed by atoms with Gasteiger partial charge in [-0.25, -0.2) is 9.97 Å². The van der Waals surface area contributed by atoms with Gasteiger partial charge in [-0.1, -0.05) is 27.7 Å². The first-order chi connectivity index (χ1) is 9.29. The maximum atomic E-state index is 11.2. The van der Waals surface area contributed by atoms with Gasteiger partial charge in [0.1, 0.15) is 11.6 Å². The monoisotopic (exact) mass is 279 g/mol. The largest absolute Gasteiger partial charge is 0.481 e. The Labute approximate surface area is 120 Å². The minimum atomic E-state index is -0.763. The fourth-order valence-corrected chi connectivity index (χ4v) is 2.01. The molecule has 1 heterocycles. The Bertz CT molecular complexity index is 458. The van der Waals surface area contributed by atoms with Crippen LogP contribution in [0.4, 0.5) is 5.82 Å². The lowest BCUT2D eigenvalue weighted by molar-refractivity contribution is -0.141. The summed E-state index contributed by atoms with van der Waals surface area (Å²) in [6.07, 6.45) is 0.656. The summed E-state index contributed by atoms with van der Waals surface area (Å²) in [5.74, 6) is 0.936. The number of hydrogen-bond acceptors (Lipinski definition) is 4. The van der Waals surface area contributed by atoms with E-state index in [1.54, 1.807) is 0 Å². The average Bonchev–Trinajstić information content (AvgIpc) is 2.33. The van der Waals surface area contributed by atoms with E-state index in [-0.39, 0.29) is 5.92 Å². The molecule has 1 atom stereocenters. The zero-order valence-corrected chi connectivity index (χ0v) is 13.0. The van der Waals surface area contributed by atoms with Crippen molar-refractivity contribution in [1.29, 1.82) is 0 Å². The molecule has 0 radical (unpaired) electrons. The molecule has 112 valence electrons. The minimum absolute atomic E-state index is 0.251. The number of aliphatic carboxylic acids is 1. The van der Waals surface area contributed by atoms with Gasteiger partial charge in [0, 0.05) is 24.2 Å². The second kappa shape index (κ2) is 7.22. The van der Waals surface area contributed by atoms with Gasteiger partial charge in [-0.15, -0.1) is 0 Å². The predicted octanol–water partition coefficient (Wildman–Crippen LogP) is 3.07. The Hall–Kier alpha value is -1.65. The lowest BCUT2D eigenvalue weighted by atomic mass is 9.97. The van der Waals surface area contributed by atoms with Gasteiger partial charge in [-0.2, -0.15) is 0 Å². The van der Waals surface area contributed by atoms with Crippen molar-refractivity contribution in [3.63, 3.8) is 0 Å². The summed E-state index contributed by atoms with van der Waals surface area (Å²) in [5.41, 5.74) is 0.891. The SMILES string of the molecule is Cc1cc(NCC(CC(C)C)C(=O)O)nc(C(C)C)n1. The molecule has 0 fully saturated rings. The third-order valence-electron chi connectivity index (χ3n) is 3.02. The average molecular weight is 279 g/mol. The first-order valence-electron chi connectivity index (χ1n) is 7.11. The maximum Gasteiger partial charge on any atom is 0.308 e. The van der Waals surface area contributed by atoms with E-state index in [1.807, 2.05) is 40.7 Å². The number of aromatic nitrogens is 2. The fourth-order valence-electron chi connectivity index (χ4n) is 2.01. The van der Waals surface area contributed by atoms with Gasteiger partial charge in [0.25, 0.3) is 0 Å². The Morgan fingerprint density at radius 1 is 1.30 bits per heavy atom. The molecule has 0 spiro atoms. The molecule has 2 N–H and O–H groups in total. The van der Waals surface area contributed by atoms with E-state index in [0.717, 1.165) is 11.5 Å². The number of aryl methyl sites for hydroxylation is 1. The van der Waals surface area contributed by atoms with E-state index in [2.05, 4.69) is 15.3 Å². The summed E-state index contributed by atoms with van der Waals surface area (Å²) in [7, 11) is 0. The standard InChI is InChI=1S/C15H25N3O2/c1-9(2)6-12(15(19)20)8-16-13-7-11(5)17-14(18-13)10(3)4/h7,9-10,12H,6,8H2,1-5H3,(H,19,20)(H,16,17,18). The van der Waals surface area contributed by atoms with Crippen LogP contribution in [0.3, 0.4) is 0 Å². The molecule has 0 saturated heterocycles. The molecular formula is C15H25N3O2. The lowest BCUT2D eigenvalue weighted by Crippen LogP contribution is -2.25. The van der Waals surface area contributed by atoms with Crippen molar-refractivity contribution in [3.8, 4) is 0 Å². The van der Waals surface area contributed by atoms with Crippen molar-refractivity contribution in [2.24, 2.45) is 11.8 Å². The normalized spacial score (nSPS) is 12.8. The second-order valence-electron chi connectivity index (χ2n) is 5.95. The summed E-state index contributed by atoms with van der Waals surface area (Å²) in [6, 6.07) is 1.85. The summed E-state index contributed by atoms with van der Waals surface area (Å²) in [5, 5.41) is 12.4. The highest BCUT2D eigenvalue weighted by atomic mass is 16.4. The topological polar surface area (TPSA) is 75.1 Å². The van der Waals surface area contributed by atoms with Crippen LogP contribution in [0.2, 0.25) is 0 Å². The molecule has 5 heteroatoms. The lowest BCUT2D eigenvalue weighted by Gasteiger charge is -2.16. The number of nitrogens with zero attached hydrogens (tertiary/aromatic N) is 2. The minimum Gasteiger partial charge on any atom is -0.481 e. The molecule has 1 unspecified atom stereocenters. The van der Waals surface area contributed by atoms with Gasteiger partial charge in [0.15, 0.2) is 0 Å². The highest BCUT2D eigenvalue weighted by molar-refractivity contribution is 5.70. The van der Waals surface area contributed by atoms with Crippen LogP contribution < -0.4 is 5.32 Å². The zero-order valence-electron chi connectivity index (χ0n) is 13.0. The van der Waals surface area contributed by atoms with Gasteiger partial charge in [0.05, 0.1) is 5.92 Å². The quantitative estimate of drug-likeness (QED) is 0.802. The van der Waals surface area contributed by atoms with Crippen molar-refractivity contribution in [3.05, 3.63) is 17.6 Å². The first-order valence-corrected chi connectivity index (χ1v) is 7.11. The molecule has 0 aliphatic heterocycles. The Balaban J connectivity index is 2.75. The number of anilines is 1. The number of hydrogen-bond donors (Lipinski definition) is 2. The van der Waals surface area contributed by atoms with Crippen molar-refractivity contribution in [2.75, 3.05) is 11.9 Å². The third-order valence-corrected chi connectivity index (χ3v) is 3.02. The predicted molar refractivity (Wildman–Crippen MR) is 79.9 cm³/mol. The van der Waals surface area contributed by atoms with Crippen molar-refractivity contribution in [1.82, 2.24) is 9.97 Å². The summed E-state index contributed by atoms with van der Waals surface area (Å²) < 4.78 is 0. The molecule has 0 amide bonds. The molecule has 5 nitrogen and oxygen atoms in total. The van der Waals surface area contributed by atoms with Crippen molar-refractivity contribution in [2.45, 2.75) is 47.0 Å². The molecule has 1 aromatic heterocycles. The van der Waals surface area contributed by atoms with E-state index in [1.165, 1.54) is 0 Å². The Morgan fingerprint density at radius 2 is 1.95 bits per heavy atom. The summed E-state index contributed by atoms with van der Waals surface area (Å²) >= 11 is 0. The number of carboxylic acids is 1. The highest BCUT2D eigenvalue weighted by Gasteiger charge is 2.19. The van der Waals surface area contributed by atoms with Gasteiger partial charge in [-0.05, 0) is 19.3 Å². The van der Waals surface area contributed by atoms with Gasteiger partial charge >= 0.3 is 5.97 Å². The molecule has 0 bridgehead atoms.